The summed E-state index contributed by atoms with van der Waals surface area (Å²) in [5, 5.41) is 9.98. The number of anilines is 3. The highest BCUT2D eigenvalue weighted by atomic mass is 32.1. The van der Waals surface area contributed by atoms with Crippen LogP contribution in [0.15, 0.2) is 52.7 Å². The summed E-state index contributed by atoms with van der Waals surface area (Å²) in [5.41, 5.74) is 2.97. The third-order valence-electron chi connectivity index (χ3n) is 5.98. The van der Waals surface area contributed by atoms with Crippen molar-refractivity contribution in [2.75, 3.05) is 28.6 Å². The minimum absolute atomic E-state index is 0.104. The van der Waals surface area contributed by atoms with Gasteiger partial charge in [0.1, 0.15) is 5.76 Å². The van der Waals surface area contributed by atoms with Crippen LogP contribution >= 0.6 is 11.3 Å². The lowest BCUT2D eigenvalue weighted by atomic mass is 10.0. The van der Waals surface area contributed by atoms with E-state index in [0.29, 0.717) is 22.1 Å². The number of aromatic nitrogens is 2. The Kier molecular flexibility index (Phi) is 6.27. The van der Waals surface area contributed by atoms with Crippen LogP contribution in [0.1, 0.15) is 41.1 Å². The van der Waals surface area contributed by atoms with E-state index < -0.39 is 0 Å². The van der Waals surface area contributed by atoms with Crippen LogP contribution in [-0.2, 0) is 11.2 Å². The summed E-state index contributed by atoms with van der Waals surface area (Å²) >= 11 is 1.28. The Balaban J connectivity index is 1.27. The van der Waals surface area contributed by atoms with Gasteiger partial charge in [-0.25, -0.2) is 4.98 Å². The number of benzene rings is 1. The number of aryl methyl sites for hydroxylation is 1. The lowest BCUT2D eigenvalue weighted by Crippen LogP contribution is -2.29. The van der Waals surface area contributed by atoms with Gasteiger partial charge in [0.2, 0.25) is 5.91 Å². The number of nitrogens with zero attached hydrogens (tertiary/aromatic N) is 3. The molecule has 1 saturated heterocycles. The van der Waals surface area contributed by atoms with Crippen LogP contribution in [0.5, 0.6) is 0 Å². The molecule has 3 aromatic heterocycles. The molecule has 2 N–H and O–H groups in total. The second-order valence-corrected chi connectivity index (χ2v) is 9.17. The number of piperidine rings is 1. The van der Waals surface area contributed by atoms with Crippen molar-refractivity contribution < 1.29 is 14.0 Å². The van der Waals surface area contributed by atoms with Gasteiger partial charge in [0, 0.05) is 47.3 Å². The molecule has 9 heteroatoms. The number of carbonyl (C=O) groups is 2. The number of thiazole rings is 1. The number of hydrogen-bond donors (Lipinski definition) is 2. The van der Waals surface area contributed by atoms with E-state index in [1.807, 2.05) is 12.1 Å². The molecule has 34 heavy (non-hydrogen) atoms. The molecular formula is C25H25N5O3S. The Hall–Kier alpha value is -3.72. The Morgan fingerprint density at radius 2 is 1.94 bits per heavy atom. The lowest BCUT2D eigenvalue weighted by molar-refractivity contribution is -0.115. The predicted octanol–water partition coefficient (Wildman–Crippen LogP) is 5.02. The Morgan fingerprint density at radius 1 is 1.09 bits per heavy atom. The van der Waals surface area contributed by atoms with Gasteiger partial charge in [-0.2, -0.15) is 0 Å². The summed E-state index contributed by atoms with van der Waals surface area (Å²) < 4.78 is 5.17. The maximum absolute atomic E-state index is 12.8. The molecule has 1 fully saturated rings. The van der Waals surface area contributed by atoms with Crippen LogP contribution in [0.2, 0.25) is 0 Å². The average Bonchev–Trinajstić information content (AvgIpc) is 3.48. The Morgan fingerprint density at radius 3 is 2.74 bits per heavy atom. The van der Waals surface area contributed by atoms with Crippen molar-refractivity contribution in [3.63, 3.8) is 0 Å². The minimum atomic E-state index is -0.288. The summed E-state index contributed by atoms with van der Waals surface area (Å²) in [6.07, 6.45) is 8.83. The Labute approximate surface area is 201 Å². The molecule has 174 valence electrons. The monoisotopic (exact) mass is 475 g/mol. The van der Waals surface area contributed by atoms with Crippen LogP contribution in [0.4, 0.5) is 16.5 Å². The zero-order chi connectivity index (χ0) is 23.5. The molecule has 0 spiro atoms. The van der Waals surface area contributed by atoms with Gasteiger partial charge < -0.3 is 14.6 Å². The van der Waals surface area contributed by atoms with Crippen LogP contribution < -0.4 is 15.5 Å². The van der Waals surface area contributed by atoms with E-state index in [1.54, 1.807) is 30.8 Å². The van der Waals surface area contributed by atoms with Gasteiger partial charge in [0.05, 0.1) is 29.6 Å². The topological polar surface area (TPSA) is 100 Å². The van der Waals surface area contributed by atoms with Crippen molar-refractivity contribution in [3.05, 3.63) is 65.3 Å². The highest BCUT2D eigenvalue weighted by Gasteiger charge is 2.17. The fourth-order valence-electron chi connectivity index (χ4n) is 4.28. The number of amides is 2. The largest absolute Gasteiger partial charge is 0.469 e. The molecule has 0 saturated carbocycles. The van der Waals surface area contributed by atoms with Crippen molar-refractivity contribution in [1.29, 1.82) is 0 Å². The first-order valence-corrected chi connectivity index (χ1v) is 12.2. The summed E-state index contributed by atoms with van der Waals surface area (Å²) in [4.78, 5) is 36.2. The van der Waals surface area contributed by atoms with E-state index in [4.69, 9.17) is 4.42 Å². The van der Waals surface area contributed by atoms with E-state index in [9.17, 15) is 9.59 Å². The van der Waals surface area contributed by atoms with Gasteiger partial charge in [0.25, 0.3) is 5.91 Å². The smallest absolute Gasteiger partial charge is 0.260 e. The first-order valence-electron chi connectivity index (χ1n) is 11.3. The molecule has 0 unspecified atom stereocenters. The van der Waals surface area contributed by atoms with E-state index in [-0.39, 0.29) is 18.2 Å². The molecular weight excluding hydrogens is 450 g/mol. The highest BCUT2D eigenvalue weighted by molar-refractivity contribution is 7.14. The summed E-state index contributed by atoms with van der Waals surface area (Å²) in [5.74, 6) is 0.0794. The van der Waals surface area contributed by atoms with Crippen LogP contribution in [0.3, 0.4) is 0 Å². The molecule has 2 amide bonds. The molecule has 1 aliphatic rings. The van der Waals surface area contributed by atoms with E-state index in [2.05, 4.69) is 31.6 Å². The van der Waals surface area contributed by atoms with E-state index >= 15 is 0 Å². The summed E-state index contributed by atoms with van der Waals surface area (Å²) in [7, 11) is 0. The first-order chi connectivity index (χ1) is 16.6. The van der Waals surface area contributed by atoms with Gasteiger partial charge in [-0.1, -0.05) is 0 Å². The molecule has 0 atom stereocenters. The maximum atomic E-state index is 12.8. The number of rotatable bonds is 6. The second kappa shape index (κ2) is 9.64. The highest BCUT2D eigenvalue weighted by Crippen LogP contribution is 2.33. The quantitative estimate of drug-likeness (QED) is 0.406. The molecule has 4 aromatic rings. The molecule has 0 aliphatic carbocycles. The predicted molar refractivity (Wildman–Crippen MR) is 134 cm³/mol. The number of nitrogens with one attached hydrogen (secondary N) is 2. The molecule has 8 nitrogen and oxygen atoms in total. The average molecular weight is 476 g/mol. The zero-order valence-electron chi connectivity index (χ0n) is 18.8. The molecule has 0 radical (unpaired) electrons. The molecule has 5 rings (SSSR count). The summed E-state index contributed by atoms with van der Waals surface area (Å²) in [6, 6.07) is 7.65. The summed E-state index contributed by atoms with van der Waals surface area (Å²) in [6.45, 7) is 3.82. The fourth-order valence-corrected chi connectivity index (χ4v) is 4.99. The minimum Gasteiger partial charge on any atom is -0.469 e. The van der Waals surface area contributed by atoms with Crippen molar-refractivity contribution in [1.82, 2.24) is 9.97 Å². The number of hydrogen-bond acceptors (Lipinski definition) is 7. The van der Waals surface area contributed by atoms with Crippen molar-refractivity contribution in [3.8, 4) is 0 Å². The van der Waals surface area contributed by atoms with Crippen LogP contribution in [0, 0.1) is 6.92 Å². The van der Waals surface area contributed by atoms with E-state index in [0.717, 1.165) is 29.5 Å². The molecule has 1 aromatic carbocycles. The van der Waals surface area contributed by atoms with Gasteiger partial charge in [-0.15, -0.1) is 11.3 Å². The normalized spacial score (nSPS) is 13.7. The maximum Gasteiger partial charge on any atom is 0.260 e. The third-order valence-corrected chi connectivity index (χ3v) is 6.79. The van der Waals surface area contributed by atoms with Crippen molar-refractivity contribution >= 4 is 50.4 Å². The van der Waals surface area contributed by atoms with Gasteiger partial charge in [0.15, 0.2) is 5.13 Å². The van der Waals surface area contributed by atoms with Crippen molar-refractivity contribution in [2.45, 2.75) is 32.6 Å². The Bertz CT molecular complexity index is 1340. The molecule has 4 heterocycles. The van der Waals surface area contributed by atoms with Crippen molar-refractivity contribution in [2.24, 2.45) is 0 Å². The van der Waals surface area contributed by atoms with Gasteiger partial charge in [-0.3, -0.25) is 19.9 Å². The fraction of sp³-hybridized carbons (Fsp3) is 0.280. The standard InChI is InChI=1S/C25H25N5O3S/c1-16-18(8-12-33-16)24(32)29-25-27-17(15-34-25)13-23(31)28-21-5-6-22(30-10-3-2-4-11-30)19-7-9-26-14-20(19)21/h5-9,12,14-15H,2-4,10-11,13H2,1H3,(H,28,31)(H,27,29,32). The van der Waals surface area contributed by atoms with E-state index in [1.165, 1.54) is 42.5 Å². The zero-order valence-corrected chi connectivity index (χ0v) is 19.7. The number of furan rings is 1. The van der Waals surface area contributed by atoms with Gasteiger partial charge in [-0.05, 0) is 50.5 Å². The van der Waals surface area contributed by atoms with Crippen LogP contribution in [-0.4, -0.2) is 34.9 Å². The number of carbonyl (C=O) groups excluding carboxylic acids is 2. The number of fused-ring (bicyclic) bond motifs is 1. The number of pyridine rings is 1. The van der Waals surface area contributed by atoms with Gasteiger partial charge >= 0.3 is 0 Å². The van der Waals surface area contributed by atoms with Crippen LogP contribution in [0.25, 0.3) is 10.8 Å². The molecule has 1 aliphatic heterocycles. The lowest BCUT2D eigenvalue weighted by Gasteiger charge is -2.30. The molecule has 0 bridgehead atoms. The second-order valence-electron chi connectivity index (χ2n) is 8.31. The first kappa shape index (κ1) is 22.1. The third kappa shape index (κ3) is 4.65. The SMILES string of the molecule is Cc1occc1C(=O)Nc1nc(CC(=O)Nc2ccc(N3CCCCC3)c3ccncc23)cs1.